The summed E-state index contributed by atoms with van der Waals surface area (Å²) in [7, 11) is 1.84. The third-order valence-corrected chi connectivity index (χ3v) is 12.4. The van der Waals surface area contributed by atoms with Crippen molar-refractivity contribution in [2.75, 3.05) is 55.6 Å². The van der Waals surface area contributed by atoms with Crippen LogP contribution in [0.25, 0.3) is 11.3 Å². The van der Waals surface area contributed by atoms with E-state index in [0.29, 0.717) is 61.0 Å². The van der Waals surface area contributed by atoms with E-state index in [1.807, 2.05) is 18.0 Å². The molecule has 0 saturated carbocycles. The van der Waals surface area contributed by atoms with Gasteiger partial charge in [0.2, 0.25) is 11.9 Å². The molecule has 2 saturated heterocycles. The molecule has 7 heterocycles. The Balaban J connectivity index is 1.01. The second-order valence-corrected chi connectivity index (χ2v) is 16.1. The number of carbonyl (C=O) groups excluding carboxylic acids is 1. The SMILES string of the molecule is CC(=O)N1CCc2c(c(N3CCCc4cc(-c5cn(C)cn5)c(C(F)F)cc43)nn2C2CCN(CC3C(C)CN(c4ncc(C(=O)O)cn4)CC3C)CC2)C1. The molecule has 2 atom stereocenters. The van der Waals surface area contributed by atoms with Gasteiger partial charge in [-0.2, -0.15) is 5.10 Å². The monoisotopic (exact) mass is 756 g/mol. The Kier molecular flexibility index (Phi) is 10.1. The molecule has 2 unspecified atom stereocenters. The highest BCUT2D eigenvalue weighted by molar-refractivity contribution is 5.86. The zero-order valence-corrected chi connectivity index (χ0v) is 32.0. The van der Waals surface area contributed by atoms with Crippen LogP contribution in [-0.4, -0.2) is 102 Å². The molecule has 8 rings (SSSR count). The van der Waals surface area contributed by atoms with Crippen molar-refractivity contribution in [1.29, 1.82) is 0 Å². The second kappa shape index (κ2) is 15.0. The number of anilines is 3. The molecule has 1 amide bonds. The fourth-order valence-electron chi connectivity index (χ4n) is 9.40. The molecule has 1 aromatic carbocycles. The van der Waals surface area contributed by atoms with Crippen molar-refractivity contribution < 1.29 is 23.5 Å². The van der Waals surface area contributed by atoms with Crippen molar-refractivity contribution in [2.24, 2.45) is 24.8 Å². The molecule has 2 fully saturated rings. The van der Waals surface area contributed by atoms with Crippen LogP contribution in [0.5, 0.6) is 0 Å². The maximum absolute atomic E-state index is 14.7. The summed E-state index contributed by atoms with van der Waals surface area (Å²) in [6.07, 6.45) is 7.76. The molecular formula is C40H50F2N10O3. The first-order valence-corrected chi connectivity index (χ1v) is 19.5. The number of amides is 1. The Morgan fingerprint density at radius 1 is 0.982 bits per heavy atom. The first-order valence-electron chi connectivity index (χ1n) is 19.5. The number of hydrogen-bond acceptors (Lipinski definition) is 9. The maximum atomic E-state index is 14.7. The van der Waals surface area contributed by atoms with Gasteiger partial charge >= 0.3 is 5.97 Å². The zero-order valence-electron chi connectivity index (χ0n) is 32.0. The molecule has 4 aliphatic rings. The minimum Gasteiger partial charge on any atom is -0.478 e. The first kappa shape index (κ1) is 37.0. The van der Waals surface area contributed by atoms with Crippen LogP contribution in [0.2, 0.25) is 0 Å². The smallest absolute Gasteiger partial charge is 0.338 e. The lowest BCUT2D eigenvalue weighted by molar-refractivity contribution is -0.129. The molecule has 55 heavy (non-hydrogen) atoms. The van der Waals surface area contributed by atoms with Gasteiger partial charge in [-0.25, -0.2) is 28.5 Å². The van der Waals surface area contributed by atoms with E-state index in [2.05, 4.69) is 48.2 Å². The van der Waals surface area contributed by atoms with Crippen molar-refractivity contribution >= 4 is 29.3 Å². The number of hydrogen-bond donors (Lipinski definition) is 1. The molecule has 0 radical (unpaired) electrons. The average Bonchev–Trinajstić information content (AvgIpc) is 3.79. The predicted molar refractivity (Wildman–Crippen MR) is 204 cm³/mol. The summed E-state index contributed by atoms with van der Waals surface area (Å²) in [5.74, 6) is 1.68. The van der Waals surface area contributed by atoms with Gasteiger partial charge in [0.15, 0.2) is 5.82 Å². The topological polar surface area (TPSA) is 129 Å². The zero-order chi connectivity index (χ0) is 38.5. The van der Waals surface area contributed by atoms with Gasteiger partial charge in [-0.15, -0.1) is 0 Å². The van der Waals surface area contributed by atoms with E-state index in [-0.39, 0.29) is 23.1 Å². The highest BCUT2D eigenvalue weighted by Crippen LogP contribution is 2.44. The van der Waals surface area contributed by atoms with Gasteiger partial charge in [0.25, 0.3) is 6.43 Å². The predicted octanol–water partition coefficient (Wildman–Crippen LogP) is 5.74. The number of aromatic carboxylic acids is 1. The minimum absolute atomic E-state index is 0.0228. The molecule has 3 aromatic heterocycles. The number of aryl methyl sites for hydroxylation is 2. The van der Waals surface area contributed by atoms with E-state index in [0.717, 1.165) is 86.7 Å². The number of likely N-dealkylation sites (tertiary alicyclic amines) is 1. The second-order valence-electron chi connectivity index (χ2n) is 16.1. The maximum Gasteiger partial charge on any atom is 0.338 e. The molecule has 0 spiro atoms. The van der Waals surface area contributed by atoms with Crippen molar-refractivity contribution in [3.63, 3.8) is 0 Å². The Morgan fingerprint density at radius 3 is 2.35 bits per heavy atom. The standard InChI is InChI=1S/C40H50F2N10O3/c1-24-18-50(40-43-16-28(17-44-40)39(54)55)19-25(2)32(24)20-48-11-7-29(8-12-48)52-35-9-13-49(26(3)53)21-33(35)38(46-52)51-10-5-6-27-14-30(34-22-47(4)23-45-34)31(37(41)42)15-36(27)51/h14-17,22-25,29,32,37H,5-13,18-21H2,1-4H3,(H,54,55). The van der Waals surface area contributed by atoms with Crippen LogP contribution >= 0.6 is 0 Å². The lowest BCUT2D eigenvalue weighted by atomic mass is 9.79. The summed E-state index contributed by atoms with van der Waals surface area (Å²) in [5.41, 5.74) is 5.01. The van der Waals surface area contributed by atoms with Gasteiger partial charge in [-0.05, 0) is 61.1 Å². The summed E-state index contributed by atoms with van der Waals surface area (Å²) < 4.78 is 33.4. The summed E-state index contributed by atoms with van der Waals surface area (Å²) in [5, 5.41) is 14.6. The van der Waals surface area contributed by atoms with Crippen LogP contribution in [0.4, 0.5) is 26.2 Å². The van der Waals surface area contributed by atoms with E-state index in [4.69, 9.17) is 5.10 Å². The first-order chi connectivity index (χ1) is 26.4. The van der Waals surface area contributed by atoms with Gasteiger partial charge in [-0.3, -0.25) is 9.48 Å². The van der Waals surface area contributed by atoms with E-state index < -0.39 is 12.4 Å². The van der Waals surface area contributed by atoms with Crippen LogP contribution in [0, 0.1) is 17.8 Å². The van der Waals surface area contributed by atoms with Crippen LogP contribution in [0.15, 0.2) is 37.1 Å². The number of rotatable bonds is 8. The van der Waals surface area contributed by atoms with Crippen molar-refractivity contribution in [3.8, 4) is 11.3 Å². The Hall–Kier alpha value is -4.92. The average molecular weight is 757 g/mol. The van der Waals surface area contributed by atoms with Gasteiger partial charge in [0, 0.05) is 113 Å². The number of benzene rings is 1. The lowest BCUT2D eigenvalue weighted by Crippen LogP contribution is -2.50. The highest BCUT2D eigenvalue weighted by atomic mass is 19.3. The number of aromatic nitrogens is 6. The molecule has 1 N–H and O–H groups in total. The van der Waals surface area contributed by atoms with Crippen LogP contribution in [0.3, 0.4) is 0 Å². The molecule has 0 bridgehead atoms. The fourth-order valence-corrected chi connectivity index (χ4v) is 9.40. The summed E-state index contributed by atoms with van der Waals surface area (Å²) in [4.78, 5) is 45.7. The number of imidazole rings is 1. The number of halogens is 2. The Bertz CT molecular complexity index is 2050. The molecule has 292 valence electrons. The number of piperidine rings is 2. The molecule has 13 nitrogen and oxygen atoms in total. The minimum atomic E-state index is -2.67. The number of alkyl halides is 2. The van der Waals surface area contributed by atoms with Crippen LogP contribution in [-0.2, 0) is 31.2 Å². The summed E-state index contributed by atoms with van der Waals surface area (Å²) in [6, 6.07) is 3.75. The molecule has 4 aromatic rings. The number of carboxylic acids is 1. The fraction of sp³-hybridized carbons (Fsp3) is 0.550. The quantitative estimate of drug-likeness (QED) is 0.238. The molecule has 15 heteroatoms. The van der Waals surface area contributed by atoms with E-state index in [1.54, 1.807) is 30.1 Å². The molecular weight excluding hydrogens is 707 g/mol. The van der Waals surface area contributed by atoms with Crippen LogP contribution in [0.1, 0.15) is 85.2 Å². The normalized spacial score (nSPS) is 22.2. The van der Waals surface area contributed by atoms with Crippen molar-refractivity contribution in [2.45, 2.75) is 71.9 Å². The van der Waals surface area contributed by atoms with Gasteiger partial charge in [-0.1, -0.05) is 13.8 Å². The summed E-state index contributed by atoms with van der Waals surface area (Å²) >= 11 is 0. The highest BCUT2D eigenvalue weighted by Gasteiger charge is 2.37. The third-order valence-electron chi connectivity index (χ3n) is 12.4. The Morgan fingerprint density at radius 2 is 1.71 bits per heavy atom. The number of carbonyl (C=O) groups is 2. The summed E-state index contributed by atoms with van der Waals surface area (Å²) in [6.45, 7) is 12.5. The van der Waals surface area contributed by atoms with E-state index >= 15 is 0 Å². The van der Waals surface area contributed by atoms with Crippen molar-refractivity contribution in [3.05, 3.63) is 65.0 Å². The lowest BCUT2D eigenvalue weighted by Gasteiger charge is -2.44. The molecule has 4 aliphatic heterocycles. The van der Waals surface area contributed by atoms with Crippen molar-refractivity contribution in [1.82, 2.24) is 39.1 Å². The third kappa shape index (κ3) is 7.18. The number of nitrogens with zero attached hydrogens (tertiary/aromatic N) is 10. The van der Waals surface area contributed by atoms with E-state index in [9.17, 15) is 23.5 Å². The largest absolute Gasteiger partial charge is 0.478 e. The van der Waals surface area contributed by atoms with E-state index in [1.165, 1.54) is 12.4 Å². The number of fused-ring (bicyclic) bond motifs is 2. The van der Waals surface area contributed by atoms with Gasteiger partial charge in [0.05, 0.1) is 30.2 Å². The molecule has 0 aliphatic carbocycles. The van der Waals surface area contributed by atoms with Gasteiger partial charge in [0.1, 0.15) is 0 Å². The Labute approximate surface area is 320 Å². The van der Waals surface area contributed by atoms with Crippen LogP contribution < -0.4 is 9.80 Å². The number of carboxylic acid groups (broad SMARTS) is 1. The van der Waals surface area contributed by atoms with Gasteiger partial charge < -0.3 is 29.3 Å².